The summed E-state index contributed by atoms with van der Waals surface area (Å²) >= 11 is 0. The van der Waals surface area contributed by atoms with Crippen LogP contribution >= 0.6 is 0 Å². The van der Waals surface area contributed by atoms with E-state index in [1.165, 1.54) is 7.11 Å². The van der Waals surface area contributed by atoms with Gasteiger partial charge < -0.3 is 4.74 Å². The van der Waals surface area contributed by atoms with Crippen LogP contribution in [0.25, 0.3) is 0 Å². The van der Waals surface area contributed by atoms with Crippen LogP contribution in [0.4, 0.5) is 5.95 Å². The maximum absolute atomic E-state index is 11.7. The molecule has 8 nitrogen and oxygen atoms in total. The third-order valence-electron chi connectivity index (χ3n) is 2.86. The summed E-state index contributed by atoms with van der Waals surface area (Å²) in [7, 11) is 3.33. The fraction of sp³-hybridized carbons (Fsp3) is 0.455. The van der Waals surface area contributed by atoms with E-state index in [1.54, 1.807) is 10.9 Å². The van der Waals surface area contributed by atoms with Gasteiger partial charge in [0, 0.05) is 19.2 Å². The average Bonchev–Trinajstić information content (AvgIpc) is 2.96. The second-order valence-electron chi connectivity index (χ2n) is 4.10. The molecular weight excluding hydrogens is 248 g/mol. The lowest BCUT2D eigenvalue weighted by Crippen LogP contribution is -2.13. The van der Waals surface area contributed by atoms with Crippen LogP contribution in [0.15, 0.2) is 6.20 Å². The van der Waals surface area contributed by atoms with Crippen LogP contribution in [0.1, 0.15) is 17.7 Å². The van der Waals surface area contributed by atoms with E-state index in [9.17, 15) is 4.79 Å². The zero-order valence-electron chi connectivity index (χ0n) is 11.1. The molecule has 0 bridgehead atoms. The molecule has 0 saturated heterocycles. The summed E-state index contributed by atoms with van der Waals surface area (Å²) in [6.45, 7) is 1.97. The van der Waals surface area contributed by atoms with Crippen LogP contribution in [0.5, 0.6) is 6.01 Å². The highest BCUT2D eigenvalue weighted by atomic mass is 16.5. The summed E-state index contributed by atoms with van der Waals surface area (Å²) in [6, 6.07) is 0.193. The van der Waals surface area contributed by atoms with E-state index < -0.39 is 0 Å². The van der Waals surface area contributed by atoms with E-state index in [0.29, 0.717) is 12.8 Å². The van der Waals surface area contributed by atoms with Gasteiger partial charge in [0.1, 0.15) is 0 Å². The van der Waals surface area contributed by atoms with Crippen molar-refractivity contribution in [3.63, 3.8) is 0 Å². The number of carbonyl (C=O) groups is 1. The first kappa shape index (κ1) is 13.1. The van der Waals surface area contributed by atoms with Crippen LogP contribution in [0.3, 0.4) is 0 Å². The number of aromatic nitrogens is 5. The van der Waals surface area contributed by atoms with Gasteiger partial charge in [0.25, 0.3) is 0 Å². The number of hydrogen-bond acceptors (Lipinski definition) is 5. The Morgan fingerprint density at radius 1 is 1.58 bits per heavy atom. The second kappa shape index (κ2) is 5.51. The molecule has 0 unspecified atom stereocenters. The Hall–Kier alpha value is -2.38. The quantitative estimate of drug-likeness (QED) is 0.816. The topological polar surface area (TPSA) is 97.7 Å². The summed E-state index contributed by atoms with van der Waals surface area (Å²) < 4.78 is 6.59. The van der Waals surface area contributed by atoms with Gasteiger partial charge in [0.15, 0.2) is 0 Å². The number of nitrogens with zero attached hydrogens (tertiary/aromatic N) is 4. The van der Waals surface area contributed by atoms with Crippen molar-refractivity contribution in [2.75, 3.05) is 12.4 Å². The number of rotatable bonds is 5. The average molecular weight is 264 g/mol. The molecule has 19 heavy (non-hydrogen) atoms. The van der Waals surface area contributed by atoms with E-state index >= 15 is 0 Å². The highest BCUT2D eigenvalue weighted by Gasteiger charge is 2.09. The molecule has 2 aromatic heterocycles. The Kier molecular flexibility index (Phi) is 3.79. The Morgan fingerprint density at radius 2 is 2.37 bits per heavy atom. The fourth-order valence-electron chi connectivity index (χ4n) is 1.63. The van der Waals surface area contributed by atoms with E-state index in [4.69, 9.17) is 4.74 Å². The number of aromatic amines is 1. The van der Waals surface area contributed by atoms with E-state index in [1.807, 2.05) is 14.0 Å². The Bertz CT molecular complexity index is 574. The third-order valence-corrected chi connectivity index (χ3v) is 2.86. The van der Waals surface area contributed by atoms with Gasteiger partial charge in [-0.05, 0) is 18.9 Å². The van der Waals surface area contributed by atoms with Crippen molar-refractivity contribution in [3.05, 3.63) is 17.5 Å². The van der Waals surface area contributed by atoms with Crippen molar-refractivity contribution in [2.45, 2.75) is 19.8 Å². The summed E-state index contributed by atoms with van der Waals surface area (Å²) in [5.41, 5.74) is 2.13. The zero-order chi connectivity index (χ0) is 13.8. The number of aryl methyl sites for hydroxylation is 2. The lowest BCUT2D eigenvalue weighted by atomic mass is 10.1. The molecule has 0 radical (unpaired) electrons. The molecule has 2 rings (SSSR count). The Balaban J connectivity index is 1.86. The first-order valence-electron chi connectivity index (χ1n) is 5.84. The second-order valence-corrected chi connectivity index (χ2v) is 4.10. The maximum Gasteiger partial charge on any atom is 0.336 e. The number of ether oxygens (including phenoxy) is 1. The minimum atomic E-state index is -0.137. The monoisotopic (exact) mass is 264 g/mol. The summed E-state index contributed by atoms with van der Waals surface area (Å²) in [5, 5.41) is 13.1. The molecule has 2 N–H and O–H groups in total. The molecule has 0 aliphatic carbocycles. The maximum atomic E-state index is 11.7. The minimum absolute atomic E-state index is 0.137. The molecule has 0 aliphatic rings. The van der Waals surface area contributed by atoms with E-state index in [-0.39, 0.29) is 17.9 Å². The largest absolute Gasteiger partial charge is 0.466 e. The smallest absolute Gasteiger partial charge is 0.336 e. The molecule has 102 valence electrons. The minimum Gasteiger partial charge on any atom is -0.466 e. The van der Waals surface area contributed by atoms with Gasteiger partial charge in [-0.15, -0.1) is 5.10 Å². The van der Waals surface area contributed by atoms with Crippen LogP contribution < -0.4 is 10.1 Å². The van der Waals surface area contributed by atoms with Gasteiger partial charge in [-0.2, -0.15) is 10.1 Å². The van der Waals surface area contributed by atoms with Gasteiger partial charge in [-0.25, -0.2) is 5.10 Å². The molecule has 1 amide bonds. The number of nitrogens with one attached hydrogen (secondary N) is 2. The molecule has 0 saturated carbocycles. The van der Waals surface area contributed by atoms with Gasteiger partial charge in [0.05, 0.1) is 13.3 Å². The highest BCUT2D eigenvalue weighted by Crippen LogP contribution is 2.10. The van der Waals surface area contributed by atoms with E-state index in [2.05, 4.69) is 25.6 Å². The van der Waals surface area contributed by atoms with E-state index in [0.717, 1.165) is 11.3 Å². The van der Waals surface area contributed by atoms with Crippen molar-refractivity contribution in [2.24, 2.45) is 7.05 Å². The molecule has 0 aromatic carbocycles. The van der Waals surface area contributed by atoms with Gasteiger partial charge >= 0.3 is 6.01 Å². The SMILES string of the molecule is COc1n[nH]c(NC(=O)CCc2cnn(C)c2C)n1. The third kappa shape index (κ3) is 3.09. The van der Waals surface area contributed by atoms with Crippen LogP contribution in [-0.4, -0.2) is 38.0 Å². The first-order chi connectivity index (χ1) is 9.10. The van der Waals surface area contributed by atoms with Crippen molar-refractivity contribution in [1.82, 2.24) is 25.0 Å². The number of carbonyl (C=O) groups excluding carboxylic acids is 1. The summed E-state index contributed by atoms with van der Waals surface area (Å²) in [6.07, 6.45) is 2.77. The van der Waals surface area contributed by atoms with Crippen molar-refractivity contribution in [3.8, 4) is 6.01 Å². The van der Waals surface area contributed by atoms with Crippen LogP contribution in [-0.2, 0) is 18.3 Å². The van der Waals surface area contributed by atoms with Crippen molar-refractivity contribution in [1.29, 1.82) is 0 Å². The van der Waals surface area contributed by atoms with Gasteiger partial charge in [-0.1, -0.05) is 0 Å². The molecule has 0 atom stereocenters. The first-order valence-corrected chi connectivity index (χ1v) is 5.84. The predicted molar refractivity (Wildman–Crippen MR) is 67.8 cm³/mol. The molecule has 8 heteroatoms. The lowest BCUT2D eigenvalue weighted by molar-refractivity contribution is -0.116. The van der Waals surface area contributed by atoms with Crippen LogP contribution in [0.2, 0.25) is 0 Å². The normalized spacial score (nSPS) is 10.5. The standard InChI is InChI=1S/C11H16N6O2/c1-7-8(6-12-17(7)2)4-5-9(18)13-10-14-11(19-3)16-15-10/h6H,4-5H2,1-3H3,(H2,13,14,15,16,18). The molecule has 0 spiro atoms. The molecule has 2 aromatic rings. The summed E-state index contributed by atoms with van der Waals surface area (Å²) in [4.78, 5) is 15.6. The lowest BCUT2D eigenvalue weighted by Gasteiger charge is -2.01. The van der Waals surface area contributed by atoms with Crippen molar-refractivity contribution < 1.29 is 9.53 Å². The van der Waals surface area contributed by atoms with Crippen molar-refractivity contribution >= 4 is 11.9 Å². The Labute approximate surface area is 110 Å². The highest BCUT2D eigenvalue weighted by molar-refractivity contribution is 5.89. The molecule has 0 fully saturated rings. The molecule has 0 aliphatic heterocycles. The van der Waals surface area contributed by atoms with Crippen LogP contribution in [0, 0.1) is 6.92 Å². The molecular formula is C11H16N6O2. The summed E-state index contributed by atoms with van der Waals surface area (Å²) in [5.74, 6) is 0.145. The predicted octanol–water partition coefficient (Wildman–Crippen LogP) is 0.427. The van der Waals surface area contributed by atoms with Gasteiger partial charge in [0.2, 0.25) is 11.9 Å². The number of amides is 1. The zero-order valence-corrected chi connectivity index (χ0v) is 11.1. The fourth-order valence-corrected chi connectivity index (χ4v) is 1.63. The van der Waals surface area contributed by atoms with Gasteiger partial charge in [-0.3, -0.25) is 14.8 Å². The molecule has 2 heterocycles. The Morgan fingerprint density at radius 3 is 2.95 bits per heavy atom. The number of H-pyrrole nitrogens is 1. The number of methoxy groups -OCH3 is 1. The number of hydrogen-bond donors (Lipinski definition) is 2. The number of anilines is 1.